The van der Waals surface area contributed by atoms with Gasteiger partial charge in [0.2, 0.25) is 0 Å². The summed E-state index contributed by atoms with van der Waals surface area (Å²) in [6.45, 7) is 6.10. The van der Waals surface area contributed by atoms with Gasteiger partial charge in [-0.15, -0.1) is 0 Å². The van der Waals surface area contributed by atoms with E-state index >= 15 is 0 Å². The SMILES string of the molecule is CC(=O)[C@]1(O)CC[C@@H]2[C@H]3CCC4=CC(=O)CC[C@@]4(C)[C@@H]3CC[C@]21C. The van der Waals surface area contributed by atoms with Gasteiger partial charge in [-0.3, -0.25) is 9.59 Å². The van der Waals surface area contributed by atoms with Crippen LogP contribution in [0.1, 0.15) is 72.1 Å². The summed E-state index contributed by atoms with van der Waals surface area (Å²) < 4.78 is 0. The van der Waals surface area contributed by atoms with Crippen molar-refractivity contribution in [2.24, 2.45) is 28.6 Å². The maximum Gasteiger partial charge on any atom is 0.161 e. The van der Waals surface area contributed by atoms with E-state index in [2.05, 4.69) is 13.8 Å². The van der Waals surface area contributed by atoms with Crippen LogP contribution in [0.2, 0.25) is 0 Å². The van der Waals surface area contributed by atoms with Crippen molar-refractivity contribution < 1.29 is 14.7 Å². The van der Waals surface area contributed by atoms with E-state index in [9.17, 15) is 14.7 Å². The number of hydrogen-bond donors (Lipinski definition) is 1. The van der Waals surface area contributed by atoms with Gasteiger partial charge in [-0.1, -0.05) is 19.4 Å². The maximum absolute atomic E-state index is 12.2. The Morgan fingerprint density at radius 1 is 1.08 bits per heavy atom. The zero-order valence-electron chi connectivity index (χ0n) is 15.2. The Bertz CT molecular complexity index is 635. The highest BCUT2D eigenvalue weighted by Gasteiger charge is 2.65. The average molecular weight is 330 g/mol. The zero-order chi connectivity index (χ0) is 17.3. The molecule has 0 heterocycles. The summed E-state index contributed by atoms with van der Waals surface area (Å²) in [6.07, 6.45) is 9.37. The number of Topliss-reactive ketones (excluding diaryl/α,β-unsaturated/α-hetero) is 1. The van der Waals surface area contributed by atoms with Gasteiger partial charge in [0, 0.05) is 11.8 Å². The van der Waals surface area contributed by atoms with Gasteiger partial charge in [0.05, 0.1) is 0 Å². The lowest BCUT2D eigenvalue weighted by molar-refractivity contribution is -0.160. The lowest BCUT2D eigenvalue weighted by Crippen LogP contribution is -2.57. The first kappa shape index (κ1) is 16.5. The van der Waals surface area contributed by atoms with Gasteiger partial charge in [-0.25, -0.2) is 0 Å². The first-order valence-electron chi connectivity index (χ1n) is 9.70. The van der Waals surface area contributed by atoms with Crippen molar-refractivity contribution in [2.45, 2.75) is 77.7 Å². The Morgan fingerprint density at radius 2 is 1.79 bits per heavy atom. The average Bonchev–Trinajstić information content (AvgIpc) is 2.81. The van der Waals surface area contributed by atoms with Crippen molar-refractivity contribution in [1.82, 2.24) is 0 Å². The molecule has 4 aliphatic rings. The van der Waals surface area contributed by atoms with Crippen molar-refractivity contribution in [3.05, 3.63) is 11.6 Å². The van der Waals surface area contributed by atoms with Gasteiger partial charge < -0.3 is 5.11 Å². The van der Waals surface area contributed by atoms with Crippen LogP contribution >= 0.6 is 0 Å². The van der Waals surface area contributed by atoms with Crippen LogP contribution in [0.25, 0.3) is 0 Å². The first-order chi connectivity index (χ1) is 11.2. The Hall–Kier alpha value is -0.960. The highest BCUT2D eigenvalue weighted by molar-refractivity contribution is 5.91. The number of hydrogen-bond acceptors (Lipinski definition) is 3. The molecular formula is C21H30O3. The Labute approximate surface area is 144 Å². The fourth-order valence-corrected chi connectivity index (χ4v) is 7.15. The molecule has 0 radical (unpaired) electrons. The number of fused-ring (bicyclic) bond motifs is 5. The van der Waals surface area contributed by atoms with E-state index in [1.165, 1.54) is 5.57 Å². The monoisotopic (exact) mass is 330 g/mol. The second-order valence-corrected chi connectivity index (χ2v) is 9.38. The normalized spacial score (nSPS) is 50.6. The first-order valence-corrected chi connectivity index (χ1v) is 9.70. The fourth-order valence-electron chi connectivity index (χ4n) is 7.15. The molecule has 0 aromatic rings. The van der Waals surface area contributed by atoms with Crippen molar-refractivity contribution in [3.63, 3.8) is 0 Å². The topological polar surface area (TPSA) is 54.4 Å². The molecule has 0 spiro atoms. The van der Waals surface area contributed by atoms with Gasteiger partial charge in [-0.2, -0.15) is 0 Å². The number of allylic oxidation sites excluding steroid dienone is 1. The molecule has 3 nitrogen and oxygen atoms in total. The molecule has 3 heteroatoms. The Morgan fingerprint density at radius 3 is 2.50 bits per heavy atom. The minimum atomic E-state index is -1.12. The molecule has 4 rings (SSSR count). The summed E-state index contributed by atoms with van der Waals surface area (Å²) >= 11 is 0. The van der Waals surface area contributed by atoms with Crippen LogP contribution < -0.4 is 0 Å². The minimum Gasteiger partial charge on any atom is -0.382 e. The quantitative estimate of drug-likeness (QED) is 0.795. The molecule has 1 N–H and O–H groups in total. The molecular weight excluding hydrogens is 300 g/mol. The molecule has 0 aliphatic heterocycles. The van der Waals surface area contributed by atoms with E-state index in [4.69, 9.17) is 0 Å². The number of aliphatic hydroxyl groups is 1. The van der Waals surface area contributed by atoms with Crippen molar-refractivity contribution in [1.29, 1.82) is 0 Å². The van der Waals surface area contributed by atoms with Crippen molar-refractivity contribution in [3.8, 4) is 0 Å². The van der Waals surface area contributed by atoms with E-state index in [1.54, 1.807) is 6.92 Å². The number of carbonyl (C=O) groups is 2. The summed E-state index contributed by atoms with van der Waals surface area (Å²) in [4.78, 5) is 24.1. The van der Waals surface area contributed by atoms with Crippen LogP contribution in [0.15, 0.2) is 11.6 Å². The van der Waals surface area contributed by atoms with E-state index in [1.807, 2.05) is 6.08 Å². The van der Waals surface area contributed by atoms with Crippen LogP contribution in [-0.2, 0) is 9.59 Å². The summed E-state index contributed by atoms with van der Waals surface area (Å²) in [7, 11) is 0. The highest BCUT2D eigenvalue weighted by Crippen LogP contribution is 2.67. The summed E-state index contributed by atoms with van der Waals surface area (Å²) in [6, 6.07) is 0. The predicted molar refractivity (Wildman–Crippen MR) is 92.3 cm³/mol. The predicted octanol–water partition coefficient (Wildman–Crippen LogP) is 3.84. The second kappa shape index (κ2) is 5.03. The summed E-state index contributed by atoms with van der Waals surface area (Å²) in [5.74, 6) is 1.90. The van der Waals surface area contributed by atoms with E-state index in [0.29, 0.717) is 36.4 Å². The fraction of sp³-hybridized carbons (Fsp3) is 0.810. The van der Waals surface area contributed by atoms with Gasteiger partial charge in [-0.05, 0) is 81.1 Å². The molecule has 0 amide bonds. The number of carbonyl (C=O) groups excluding carboxylic acids is 2. The van der Waals surface area contributed by atoms with E-state index < -0.39 is 5.60 Å². The van der Waals surface area contributed by atoms with E-state index in [-0.39, 0.29) is 16.6 Å². The molecule has 0 bridgehead atoms. The smallest absolute Gasteiger partial charge is 0.161 e. The van der Waals surface area contributed by atoms with Gasteiger partial charge in [0.25, 0.3) is 0 Å². The van der Waals surface area contributed by atoms with Crippen LogP contribution in [-0.4, -0.2) is 22.3 Å². The Kier molecular flexibility index (Phi) is 3.46. The number of ketones is 2. The van der Waals surface area contributed by atoms with Crippen molar-refractivity contribution >= 4 is 11.6 Å². The maximum atomic E-state index is 12.2. The van der Waals surface area contributed by atoms with Crippen LogP contribution in [0.5, 0.6) is 0 Å². The molecule has 0 unspecified atom stereocenters. The molecule has 132 valence electrons. The molecule has 24 heavy (non-hydrogen) atoms. The van der Waals surface area contributed by atoms with Gasteiger partial charge >= 0.3 is 0 Å². The third-order valence-electron chi connectivity index (χ3n) is 8.70. The number of rotatable bonds is 1. The summed E-state index contributed by atoms with van der Waals surface area (Å²) in [5.41, 5.74) is 0.155. The zero-order valence-corrected chi connectivity index (χ0v) is 15.2. The second-order valence-electron chi connectivity index (χ2n) is 9.38. The molecule has 6 atom stereocenters. The van der Waals surface area contributed by atoms with Crippen LogP contribution in [0.3, 0.4) is 0 Å². The minimum absolute atomic E-state index is 0.0446. The molecule has 3 fully saturated rings. The van der Waals surface area contributed by atoms with Crippen LogP contribution in [0.4, 0.5) is 0 Å². The molecule has 0 aromatic heterocycles. The molecule has 0 saturated heterocycles. The van der Waals surface area contributed by atoms with Gasteiger partial charge in [0.15, 0.2) is 11.6 Å². The third kappa shape index (κ3) is 1.88. The lowest BCUT2D eigenvalue weighted by Gasteiger charge is -2.58. The lowest BCUT2D eigenvalue weighted by atomic mass is 9.46. The van der Waals surface area contributed by atoms with E-state index in [0.717, 1.165) is 38.5 Å². The van der Waals surface area contributed by atoms with Gasteiger partial charge in [0.1, 0.15) is 5.60 Å². The highest BCUT2D eigenvalue weighted by atomic mass is 16.3. The molecule has 4 aliphatic carbocycles. The van der Waals surface area contributed by atoms with Crippen molar-refractivity contribution in [2.75, 3.05) is 0 Å². The third-order valence-corrected chi connectivity index (χ3v) is 8.70. The summed E-state index contributed by atoms with van der Waals surface area (Å²) in [5, 5.41) is 11.1. The molecule has 0 aromatic carbocycles. The standard InChI is InChI=1S/C21H30O3/c1-13(22)21(24)11-8-18-16-5-4-14-12-15(23)6-9-19(14,2)17(16)7-10-20(18,21)3/h12,16-18,24H,4-11H2,1-3H3/t16-,17+,18+,19+,20+,21+/m0/s1. The largest absolute Gasteiger partial charge is 0.382 e. The Balaban J connectivity index is 1.70. The van der Waals surface area contributed by atoms with Crippen LogP contribution in [0, 0.1) is 28.6 Å². The molecule has 3 saturated carbocycles.